The van der Waals surface area contributed by atoms with E-state index >= 15 is 0 Å². The van der Waals surface area contributed by atoms with Gasteiger partial charge >= 0.3 is 5.97 Å². The quantitative estimate of drug-likeness (QED) is 0.681. The summed E-state index contributed by atoms with van der Waals surface area (Å²) in [6, 6.07) is -0.828. The molecule has 0 aliphatic carbocycles. The van der Waals surface area contributed by atoms with Crippen LogP contribution in [0.5, 0.6) is 0 Å². The van der Waals surface area contributed by atoms with Crippen molar-refractivity contribution < 1.29 is 19.4 Å². The molecule has 0 bridgehead atoms. The Labute approximate surface area is 99.9 Å². The molecule has 1 spiro atoms. The first kappa shape index (κ1) is 12.3. The van der Waals surface area contributed by atoms with Crippen LogP contribution in [0, 0.1) is 5.41 Å². The van der Waals surface area contributed by atoms with Gasteiger partial charge in [0, 0.05) is 12.0 Å². The molecule has 2 aliphatic heterocycles. The molecule has 96 valence electrons. The van der Waals surface area contributed by atoms with E-state index in [1.54, 1.807) is 0 Å². The van der Waals surface area contributed by atoms with Gasteiger partial charge in [0.1, 0.15) is 6.04 Å². The maximum Gasteiger partial charge on any atom is 0.325 e. The lowest BCUT2D eigenvalue weighted by Crippen LogP contribution is -2.47. The Kier molecular flexibility index (Phi) is 3.35. The monoisotopic (exact) mass is 242 g/mol. The van der Waals surface area contributed by atoms with Crippen molar-refractivity contribution in [1.82, 2.24) is 10.2 Å². The van der Waals surface area contributed by atoms with Gasteiger partial charge in [-0.1, -0.05) is 0 Å². The van der Waals surface area contributed by atoms with Gasteiger partial charge in [-0.2, -0.15) is 0 Å². The SMILES string of the molecule is C[C@H](NC(=O)CN1CCC2(COC2)C1)C(=O)O. The summed E-state index contributed by atoms with van der Waals surface area (Å²) in [5, 5.41) is 11.1. The minimum Gasteiger partial charge on any atom is -0.480 e. The topological polar surface area (TPSA) is 78.9 Å². The van der Waals surface area contributed by atoms with E-state index in [4.69, 9.17) is 9.84 Å². The average molecular weight is 242 g/mol. The van der Waals surface area contributed by atoms with E-state index in [0.717, 1.165) is 32.7 Å². The van der Waals surface area contributed by atoms with Crippen molar-refractivity contribution in [3.63, 3.8) is 0 Å². The Morgan fingerprint density at radius 1 is 1.53 bits per heavy atom. The second kappa shape index (κ2) is 4.62. The van der Waals surface area contributed by atoms with Crippen molar-refractivity contribution in [2.45, 2.75) is 19.4 Å². The predicted octanol–water partition coefficient (Wildman–Crippen LogP) is -0.702. The molecule has 2 saturated heterocycles. The van der Waals surface area contributed by atoms with E-state index in [2.05, 4.69) is 10.2 Å². The minimum atomic E-state index is -1.01. The summed E-state index contributed by atoms with van der Waals surface area (Å²) in [7, 11) is 0. The number of rotatable bonds is 4. The van der Waals surface area contributed by atoms with Crippen LogP contribution in [-0.2, 0) is 14.3 Å². The van der Waals surface area contributed by atoms with Gasteiger partial charge in [-0.25, -0.2) is 0 Å². The molecule has 2 aliphatic rings. The van der Waals surface area contributed by atoms with Crippen LogP contribution < -0.4 is 5.32 Å². The number of carboxylic acid groups (broad SMARTS) is 1. The van der Waals surface area contributed by atoms with Crippen molar-refractivity contribution >= 4 is 11.9 Å². The fourth-order valence-corrected chi connectivity index (χ4v) is 2.34. The number of nitrogens with one attached hydrogen (secondary N) is 1. The van der Waals surface area contributed by atoms with Gasteiger partial charge in [-0.3, -0.25) is 14.5 Å². The lowest BCUT2D eigenvalue weighted by atomic mass is 9.85. The molecule has 0 saturated carbocycles. The van der Waals surface area contributed by atoms with Crippen molar-refractivity contribution in [2.24, 2.45) is 5.41 Å². The Balaban J connectivity index is 1.74. The van der Waals surface area contributed by atoms with E-state index in [-0.39, 0.29) is 17.9 Å². The van der Waals surface area contributed by atoms with Gasteiger partial charge in [0.15, 0.2) is 0 Å². The molecule has 6 heteroatoms. The highest BCUT2D eigenvalue weighted by Crippen LogP contribution is 2.37. The third-order valence-corrected chi connectivity index (χ3v) is 3.45. The van der Waals surface area contributed by atoms with Gasteiger partial charge < -0.3 is 15.2 Å². The van der Waals surface area contributed by atoms with Crippen LogP contribution in [-0.4, -0.2) is 60.8 Å². The van der Waals surface area contributed by atoms with Crippen LogP contribution in [0.15, 0.2) is 0 Å². The van der Waals surface area contributed by atoms with Crippen LogP contribution in [0.1, 0.15) is 13.3 Å². The Morgan fingerprint density at radius 3 is 2.71 bits per heavy atom. The van der Waals surface area contributed by atoms with Crippen LogP contribution >= 0.6 is 0 Å². The highest BCUT2D eigenvalue weighted by atomic mass is 16.5. The standard InChI is InChI=1S/C11H18N2O4/c1-8(10(15)16)12-9(14)4-13-3-2-11(5-13)6-17-7-11/h8H,2-7H2,1H3,(H,12,14)(H,15,16)/t8-/m0/s1. The fourth-order valence-electron chi connectivity index (χ4n) is 2.34. The highest BCUT2D eigenvalue weighted by molar-refractivity contribution is 5.84. The number of ether oxygens (including phenoxy) is 1. The van der Waals surface area contributed by atoms with E-state index < -0.39 is 12.0 Å². The van der Waals surface area contributed by atoms with Crippen molar-refractivity contribution in [2.75, 3.05) is 32.8 Å². The normalized spacial score (nSPS) is 24.3. The number of hydrogen-bond acceptors (Lipinski definition) is 4. The minimum absolute atomic E-state index is 0.225. The predicted molar refractivity (Wildman–Crippen MR) is 59.5 cm³/mol. The second-order valence-electron chi connectivity index (χ2n) is 5.08. The number of likely N-dealkylation sites (tertiary alicyclic amines) is 1. The second-order valence-corrected chi connectivity index (χ2v) is 5.08. The summed E-state index contributed by atoms with van der Waals surface area (Å²) in [6.45, 7) is 5.08. The first-order valence-electron chi connectivity index (χ1n) is 5.83. The van der Waals surface area contributed by atoms with Crippen LogP contribution in [0.2, 0.25) is 0 Å². The number of nitrogens with zero attached hydrogens (tertiary/aromatic N) is 1. The zero-order chi connectivity index (χ0) is 12.5. The molecule has 1 atom stereocenters. The summed E-state index contributed by atoms with van der Waals surface area (Å²) in [5.41, 5.74) is 0.263. The van der Waals surface area contributed by atoms with E-state index in [1.807, 2.05) is 0 Å². The smallest absolute Gasteiger partial charge is 0.325 e. The fraction of sp³-hybridized carbons (Fsp3) is 0.818. The largest absolute Gasteiger partial charge is 0.480 e. The van der Waals surface area contributed by atoms with Crippen molar-refractivity contribution in [3.8, 4) is 0 Å². The third kappa shape index (κ3) is 2.76. The number of carboxylic acids is 1. The molecule has 0 aromatic heterocycles. The first-order chi connectivity index (χ1) is 8.01. The molecular formula is C11H18N2O4. The molecule has 2 heterocycles. The maximum atomic E-state index is 11.6. The molecule has 17 heavy (non-hydrogen) atoms. The first-order valence-corrected chi connectivity index (χ1v) is 5.83. The highest BCUT2D eigenvalue weighted by Gasteiger charge is 2.44. The lowest BCUT2D eigenvalue weighted by Gasteiger charge is -2.37. The van der Waals surface area contributed by atoms with Crippen LogP contribution in [0.3, 0.4) is 0 Å². The maximum absolute atomic E-state index is 11.6. The van der Waals surface area contributed by atoms with Gasteiger partial charge in [0.05, 0.1) is 19.8 Å². The van der Waals surface area contributed by atoms with Crippen LogP contribution in [0.4, 0.5) is 0 Å². The zero-order valence-electron chi connectivity index (χ0n) is 9.94. The number of amides is 1. The molecule has 0 aromatic carbocycles. The summed E-state index contributed by atoms with van der Waals surface area (Å²) in [6.07, 6.45) is 1.06. The van der Waals surface area contributed by atoms with Gasteiger partial charge in [-0.15, -0.1) is 0 Å². The average Bonchev–Trinajstić information content (AvgIpc) is 2.61. The summed E-state index contributed by atoms with van der Waals surface area (Å²) >= 11 is 0. The molecule has 1 amide bonds. The number of aliphatic carboxylic acids is 1. The van der Waals surface area contributed by atoms with E-state index in [1.165, 1.54) is 6.92 Å². The zero-order valence-corrected chi connectivity index (χ0v) is 9.94. The summed E-state index contributed by atoms with van der Waals surface area (Å²) in [5.74, 6) is -1.24. The Hall–Kier alpha value is -1.14. The van der Waals surface area contributed by atoms with Crippen molar-refractivity contribution in [3.05, 3.63) is 0 Å². The summed E-state index contributed by atoms with van der Waals surface area (Å²) in [4.78, 5) is 24.2. The summed E-state index contributed by atoms with van der Waals surface area (Å²) < 4.78 is 5.20. The molecule has 0 radical (unpaired) electrons. The number of hydrogen-bond donors (Lipinski definition) is 2. The number of carbonyl (C=O) groups is 2. The molecule has 2 N–H and O–H groups in total. The van der Waals surface area contributed by atoms with Crippen LogP contribution in [0.25, 0.3) is 0 Å². The molecular weight excluding hydrogens is 224 g/mol. The number of carbonyl (C=O) groups excluding carboxylic acids is 1. The Bertz CT molecular complexity index is 327. The third-order valence-electron chi connectivity index (χ3n) is 3.45. The van der Waals surface area contributed by atoms with Gasteiger partial charge in [0.2, 0.25) is 5.91 Å². The van der Waals surface area contributed by atoms with E-state index in [9.17, 15) is 9.59 Å². The molecule has 2 fully saturated rings. The van der Waals surface area contributed by atoms with Gasteiger partial charge in [0.25, 0.3) is 0 Å². The van der Waals surface area contributed by atoms with Gasteiger partial charge in [-0.05, 0) is 19.9 Å². The van der Waals surface area contributed by atoms with Crippen molar-refractivity contribution in [1.29, 1.82) is 0 Å². The molecule has 0 unspecified atom stereocenters. The molecule has 2 rings (SSSR count). The lowest BCUT2D eigenvalue weighted by molar-refractivity contribution is -0.141. The van der Waals surface area contributed by atoms with E-state index in [0.29, 0.717) is 0 Å². The molecule has 6 nitrogen and oxygen atoms in total. The Morgan fingerprint density at radius 2 is 2.24 bits per heavy atom. The molecule has 0 aromatic rings.